The van der Waals surface area contributed by atoms with Crippen LogP contribution in [0.25, 0.3) is 6.08 Å². The Kier molecular flexibility index (Phi) is 2.34. The fourth-order valence-corrected chi connectivity index (χ4v) is 1.13. The Balaban J connectivity index is 2.17. The Labute approximate surface area is 81.7 Å². The lowest BCUT2D eigenvalue weighted by atomic mass is 10.2. The highest BCUT2D eigenvalue weighted by molar-refractivity contribution is 5.72. The van der Waals surface area contributed by atoms with E-state index in [4.69, 9.17) is 0 Å². The van der Waals surface area contributed by atoms with Crippen LogP contribution in [0.1, 0.15) is 5.56 Å². The highest BCUT2D eigenvalue weighted by atomic mass is 16.6. The predicted molar refractivity (Wildman–Crippen MR) is 52.4 cm³/mol. The molecule has 0 spiro atoms. The van der Waals surface area contributed by atoms with Crippen LogP contribution in [-0.4, -0.2) is 12.7 Å². The Morgan fingerprint density at radius 3 is 2.79 bits per heavy atom. The molecule has 1 aliphatic rings. The van der Waals surface area contributed by atoms with Crippen LogP contribution in [-0.2, 0) is 4.74 Å². The molecule has 1 aromatic carbocycles. The van der Waals surface area contributed by atoms with Crippen LogP contribution in [0.2, 0.25) is 0 Å². The van der Waals surface area contributed by atoms with Gasteiger partial charge in [0.15, 0.2) is 0 Å². The average Bonchev–Trinajstić information content (AvgIpc) is 2.63. The SMILES string of the molecule is O=C1NC(=C=Cc2ccccc2)CO1. The number of carbonyl (C=O) groups is 1. The summed E-state index contributed by atoms with van der Waals surface area (Å²) in [7, 11) is 0. The lowest BCUT2D eigenvalue weighted by Gasteiger charge is -1.88. The standard InChI is InChI=1S/C11H9NO2/c13-11-12-10(8-14-11)7-6-9-4-2-1-3-5-9/h1-6H,8H2,(H,12,13). The lowest BCUT2D eigenvalue weighted by Crippen LogP contribution is -2.10. The summed E-state index contributed by atoms with van der Waals surface area (Å²) in [5.41, 5.74) is 4.67. The number of amides is 1. The fourth-order valence-electron chi connectivity index (χ4n) is 1.13. The molecule has 1 amide bonds. The molecule has 3 heteroatoms. The summed E-state index contributed by atoms with van der Waals surface area (Å²) in [5.74, 6) is 0. The van der Waals surface area contributed by atoms with Crippen molar-refractivity contribution in [2.24, 2.45) is 0 Å². The normalized spacial score (nSPS) is 14.3. The molecule has 0 radical (unpaired) electrons. The van der Waals surface area contributed by atoms with E-state index in [1.165, 1.54) is 0 Å². The van der Waals surface area contributed by atoms with Gasteiger partial charge in [-0.05, 0) is 11.6 Å². The van der Waals surface area contributed by atoms with Crippen LogP contribution >= 0.6 is 0 Å². The summed E-state index contributed by atoms with van der Waals surface area (Å²) in [6, 6.07) is 9.77. The van der Waals surface area contributed by atoms with Crippen molar-refractivity contribution in [2.75, 3.05) is 6.61 Å². The van der Waals surface area contributed by atoms with Crippen molar-refractivity contribution >= 4 is 12.2 Å². The molecule has 1 saturated heterocycles. The Bertz CT molecular complexity index is 403. The molecule has 0 saturated carbocycles. The maximum Gasteiger partial charge on any atom is 0.412 e. The van der Waals surface area contributed by atoms with Crippen molar-refractivity contribution in [2.45, 2.75) is 0 Å². The van der Waals surface area contributed by atoms with E-state index in [1.54, 1.807) is 0 Å². The first-order valence-electron chi connectivity index (χ1n) is 4.29. The second-order valence-corrected chi connectivity index (χ2v) is 2.88. The molecule has 1 heterocycles. The van der Waals surface area contributed by atoms with Crippen molar-refractivity contribution in [3.8, 4) is 0 Å². The number of rotatable bonds is 1. The second kappa shape index (κ2) is 3.81. The zero-order valence-corrected chi connectivity index (χ0v) is 7.49. The van der Waals surface area contributed by atoms with Gasteiger partial charge >= 0.3 is 6.09 Å². The van der Waals surface area contributed by atoms with Crippen molar-refractivity contribution in [3.63, 3.8) is 0 Å². The summed E-state index contributed by atoms with van der Waals surface area (Å²) in [6.45, 7) is 0.280. The average molecular weight is 187 g/mol. The first-order valence-corrected chi connectivity index (χ1v) is 4.29. The minimum Gasteiger partial charge on any atom is -0.442 e. The van der Waals surface area contributed by atoms with Gasteiger partial charge in [-0.25, -0.2) is 4.79 Å². The monoisotopic (exact) mass is 187 g/mol. The molecule has 1 aliphatic heterocycles. The number of hydrogen-bond acceptors (Lipinski definition) is 2. The number of benzene rings is 1. The molecule has 1 aromatic rings. The minimum atomic E-state index is -0.408. The van der Waals surface area contributed by atoms with E-state index in [0.29, 0.717) is 5.70 Å². The van der Waals surface area contributed by atoms with Crippen LogP contribution < -0.4 is 5.32 Å². The highest BCUT2D eigenvalue weighted by Crippen LogP contribution is 2.03. The van der Waals surface area contributed by atoms with Gasteiger partial charge in [-0.3, -0.25) is 5.32 Å². The molecule has 0 bridgehead atoms. The van der Waals surface area contributed by atoms with E-state index < -0.39 is 6.09 Å². The maximum absolute atomic E-state index is 10.7. The largest absolute Gasteiger partial charge is 0.442 e. The van der Waals surface area contributed by atoms with E-state index in [0.717, 1.165) is 5.56 Å². The van der Waals surface area contributed by atoms with Gasteiger partial charge < -0.3 is 4.74 Å². The summed E-state index contributed by atoms with van der Waals surface area (Å²) < 4.78 is 4.68. The van der Waals surface area contributed by atoms with Gasteiger partial charge in [-0.15, -0.1) is 0 Å². The number of nitrogens with one attached hydrogen (secondary N) is 1. The van der Waals surface area contributed by atoms with Gasteiger partial charge in [0, 0.05) is 0 Å². The van der Waals surface area contributed by atoms with Crippen LogP contribution in [0, 0.1) is 0 Å². The fraction of sp³-hybridized carbons (Fsp3) is 0.0909. The molecular formula is C11H9NO2. The van der Waals surface area contributed by atoms with Crippen LogP contribution in [0.3, 0.4) is 0 Å². The number of hydrogen-bond donors (Lipinski definition) is 1. The molecule has 0 aromatic heterocycles. The quantitative estimate of drug-likeness (QED) is 0.682. The van der Waals surface area contributed by atoms with Gasteiger partial charge in [-0.1, -0.05) is 36.1 Å². The van der Waals surface area contributed by atoms with E-state index >= 15 is 0 Å². The van der Waals surface area contributed by atoms with Crippen LogP contribution in [0.15, 0.2) is 41.8 Å². The first-order chi connectivity index (χ1) is 6.84. The topological polar surface area (TPSA) is 38.3 Å². The van der Waals surface area contributed by atoms with Crippen molar-refractivity contribution in [3.05, 3.63) is 47.3 Å². The molecule has 1 N–H and O–H groups in total. The van der Waals surface area contributed by atoms with Gasteiger partial charge in [0.2, 0.25) is 0 Å². The smallest absolute Gasteiger partial charge is 0.412 e. The molecule has 3 nitrogen and oxygen atoms in total. The van der Waals surface area contributed by atoms with E-state index in [1.807, 2.05) is 36.4 Å². The Morgan fingerprint density at radius 2 is 2.14 bits per heavy atom. The van der Waals surface area contributed by atoms with Gasteiger partial charge in [-0.2, -0.15) is 0 Å². The van der Waals surface area contributed by atoms with Crippen molar-refractivity contribution < 1.29 is 9.53 Å². The zero-order chi connectivity index (χ0) is 9.80. The van der Waals surface area contributed by atoms with E-state index in [9.17, 15) is 4.79 Å². The third-order valence-corrected chi connectivity index (χ3v) is 1.81. The maximum atomic E-state index is 10.7. The van der Waals surface area contributed by atoms with Crippen molar-refractivity contribution in [1.29, 1.82) is 0 Å². The summed E-state index contributed by atoms with van der Waals surface area (Å²) in [4.78, 5) is 10.7. The molecule has 0 atom stereocenters. The number of carbonyl (C=O) groups excluding carboxylic acids is 1. The number of ether oxygens (including phenoxy) is 1. The van der Waals surface area contributed by atoms with Crippen molar-refractivity contribution in [1.82, 2.24) is 5.32 Å². The van der Waals surface area contributed by atoms with Crippen LogP contribution in [0.4, 0.5) is 4.79 Å². The molecular weight excluding hydrogens is 178 g/mol. The van der Waals surface area contributed by atoms with Gasteiger partial charge in [0.1, 0.15) is 12.3 Å². The molecule has 1 fully saturated rings. The molecule has 14 heavy (non-hydrogen) atoms. The van der Waals surface area contributed by atoms with E-state index in [-0.39, 0.29) is 6.61 Å². The van der Waals surface area contributed by atoms with Gasteiger partial charge in [0.05, 0.1) is 0 Å². The first kappa shape index (κ1) is 8.60. The van der Waals surface area contributed by atoms with E-state index in [2.05, 4.69) is 15.8 Å². The van der Waals surface area contributed by atoms with Gasteiger partial charge in [0.25, 0.3) is 0 Å². The highest BCUT2D eigenvalue weighted by Gasteiger charge is 2.13. The number of alkyl carbamates (subject to hydrolysis) is 1. The molecule has 2 rings (SSSR count). The molecule has 0 aliphatic carbocycles. The van der Waals surface area contributed by atoms with Crippen LogP contribution in [0.5, 0.6) is 0 Å². The Hall–Kier alpha value is -1.99. The summed E-state index contributed by atoms with van der Waals surface area (Å²) >= 11 is 0. The third-order valence-electron chi connectivity index (χ3n) is 1.81. The summed E-state index contributed by atoms with van der Waals surface area (Å²) in [6.07, 6.45) is 1.40. The zero-order valence-electron chi connectivity index (χ0n) is 7.49. The minimum absolute atomic E-state index is 0.280. The third kappa shape index (κ3) is 2.03. The molecule has 0 unspecified atom stereocenters. The number of cyclic esters (lactones) is 1. The Morgan fingerprint density at radius 1 is 1.36 bits per heavy atom. The predicted octanol–water partition coefficient (Wildman–Crippen LogP) is 1.92. The second-order valence-electron chi connectivity index (χ2n) is 2.88. The lowest BCUT2D eigenvalue weighted by molar-refractivity contribution is 0.179. The summed E-state index contributed by atoms with van der Waals surface area (Å²) in [5, 5.41) is 2.54. The molecule has 70 valence electrons.